The zero-order chi connectivity index (χ0) is 20.4. The van der Waals surface area contributed by atoms with Crippen LogP contribution in [0.15, 0.2) is 24.3 Å². The minimum Gasteiger partial charge on any atom is -0.465 e. The molecule has 1 aromatic heterocycles. The molecule has 0 saturated heterocycles. The molecule has 0 fully saturated rings. The molecule has 148 valence electrons. The second-order valence-corrected chi connectivity index (χ2v) is 8.21. The molecule has 3 rings (SSSR count). The molecule has 1 N–H and O–H groups in total. The van der Waals surface area contributed by atoms with Gasteiger partial charge in [-0.25, -0.2) is 4.79 Å². The molecule has 2 aromatic rings. The lowest BCUT2D eigenvalue weighted by Gasteiger charge is -2.30. The van der Waals surface area contributed by atoms with Gasteiger partial charge in [-0.3, -0.25) is 14.5 Å². The lowest BCUT2D eigenvalue weighted by atomic mass is 10.0. The van der Waals surface area contributed by atoms with E-state index in [0.717, 1.165) is 30.0 Å². The van der Waals surface area contributed by atoms with Crippen molar-refractivity contribution in [3.63, 3.8) is 0 Å². The van der Waals surface area contributed by atoms with Gasteiger partial charge in [-0.1, -0.05) is 12.1 Å². The zero-order valence-corrected chi connectivity index (χ0v) is 17.3. The average Bonchev–Trinajstić information content (AvgIpc) is 3.04. The number of rotatable bonds is 5. The normalized spacial score (nSPS) is 13.9. The SMILES string of the molecule is COC(=O)c1c(NC(=O)c2ccc(C(C)=O)cc2)sc2c1CCN(C(C)C)C2. The highest BCUT2D eigenvalue weighted by atomic mass is 32.1. The summed E-state index contributed by atoms with van der Waals surface area (Å²) in [6, 6.07) is 6.88. The van der Waals surface area contributed by atoms with Gasteiger partial charge < -0.3 is 10.1 Å². The highest BCUT2D eigenvalue weighted by molar-refractivity contribution is 7.17. The zero-order valence-electron chi connectivity index (χ0n) is 16.5. The van der Waals surface area contributed by atoms with Crippen LogP contribution in [0.4, 0.5) is 5.00 Å². The topological polar surface area (TPSA) is 75.7 Å². The van der Waals surface area contributed by atoms with Crippen molar-refractivity contribution in [2.24, 2.45) is 0 Å². The van der Waals surface area contributed by atoms with Gasteiger partial charge in [0, 0.05) is 35.1 Å². The Balaban J connectivity index is 1.89. The summed E-state index contributed by atoms with van der Waals surface area (Å²) in [5.74, 6) is -0.808. The quantitative estimate of drug-likeness (QED) is 0.611. The number of nitrogens with zero attached hydrogens (tertiary/aromatic N) is 1. The standard InChI is InChI=1S/C21H24N2O4S/c1-12(2)23-10-9-16-17(11-23)28-20(18(16)21(26)27-4)22-19(25)15-7-5-14(6-8-15)13(3)24/h5-8,12H,9-11H2,1-4H3,(H,22,25). The Hall–Kier alpha value is -2.51. The highest BCUT2D eigenvalue weighted by Gasteiger charge is 2.30. The second-order valence-electron chi connectivity index (χ2n) is 7.10. The lowest BCUT2D eigenvalue weighted by Crippen LogP contribution is -2.35. The summed E-state index contributed by atoms with van der Waals surface area (Å²) in [6.45, 7) is 7.39. The molecular formula is C21H24N2O4S. The molecule has 1 aromatic carbocycles. The number of carbonyl (C=O) groups is 3. The Morgan fingerprint density at radius 1 is 1.14 bits per heavy atom. The number of hydrogen-bond acceptors (Lipinski definition) is 6. The van der Waals surface area contributed by atoms with Crippen molar-refractivity contribution in [2.75, 3.05) is 19.0 Å². The highest BCUT2D eigenvalue weighted by Crippen LogP contribution is 2.38. The van der Waals surface area contributed by atoms with Crippen LogP contribution in [0.3, 0.4) is 0 Å². The molecule has 6 nitrogen and oxygen atoms in total. The van der Waals surface area contributed by atoms with E-state index in [-0.39, 0.29) is 11.7 Å². The molecular weight excluding hydrogens is 376 g/mol. The van der Waals surface area contributed by atoms with Crippen LogP contribution in [-0.2, 0) is 17.7 Å². The second kappa shape index (κ2) is 8.24. The van der Waals surface area contributed by atoms with Gasteiger partial charge >= 0.3 is 5.97 Å². The Kier molecular flexibility index (Phi) is 5.96. The first-order chi connectivity index (χ1) is 13.3. The summed E-state index contributed by atoms with van der Waals surface area (Å²) in [4.78, 5) is 39.9. The summed E-state index contributed by atoms with van der Waals surface area (Å²) in [7, 11) is 1.35. The number of thiophene rings is 1. The number of esters is 1. The molecule has 0 aliphatic carbocycles. The van der Waals surface area contributed by atoms with Crippen molar-refractivity contribution in [3.8, 4) is 0 Å². The molecule has 2 heterocycles. The first-order valence-corrected chi connectivity index (χ1v) is 10.0. The number of ether oxygens (including phenoxy) is 1. The number of benzene rings is 1. The fraction of sp³-hybridized carbons (Fsp3) is 0.381. The number of fused-ring (bicyclic) bond motifs is 1. The fourth-order valence-electron chi connectivity index (χ4n) is 3.30. The summed E-state index contributed by atoms with van der Waals surface area (Å²) in [5, 5.41) is 3.38. The smallest absolute Gasteiger partial charge is 0.341 e. The van der Waals surface area contributed by atoms with Crippen LogP contribution in [0.5, 0.6) is 0 Å². The Morgan fingerprint density at radius 3 is 2.36 bits per heavy atom. The number of hydrogen-bond donors (Lipinski definition) is 1. The summed E-state index contributed by atoms with van der Waals surface area (Å²) in [6.07, 6.45) is 0.748. The number of methoxy groups -OCH3 is 1. The summed E-state index contributed by atoms with van der Waals surface area (Å²) >= 11 is 1.43. The van der Waals surface area contributed by atoms with Crippen molar-refractivity contribution in [1.82, 2.24) is 4.90 Å². The number of anilines is 1. The summed E-state index contributed by atoms with van der Waals surface area (Å²) < 4.78 is 4.97. The first kappa shape index (κ1) is 20.2. The van der Waals surface area contributed by atoms with Crippen LogP contribution in [-0.4, -0.2) is 42.3 Å². The van der Waals surface area contributed by atoms with Gasteiger partial charge in [-0.15, -0.1) is 11.3 Å². The first-order valence-electron chi connectivity index (χ1n) is 9.21. The average molecular weight is 401 g/mol. The van der Waals surface area contributed by atoms with E-state index in [9.17, 15) is 14.4 Å². The minimum absolute atomic E-state index is 0.0550. The van der Waals surface area contributed by atoms with Crippen LogP contribution < -0.4 is 5.32 Å². The van der Waals surface area contributed by atoms with Gasteiger partial charge in [0.25, 0.3) is 5.91 Å². The van der Waals surface area contributed by atoms with Gasteiger partial charge in [0.15, 0.2) is 5.78 Å². The van der Waals surface area contributed by atoms with Crippen LogP contribution in [0.25, 0.3) is 0 Å². The molecule has 7 heteroatoms. The maximum absolute atomic E-state index is 12.7. The van der Waals surface area contributed by atoms with E-state index in [1.54, 1.807) is 24.3 Å². The van der Waals surface area contributed by atoms with Crippen molar-refractivity contribution in [2.45, 2.75) is 39.8 Å². The predicted molar refractivity (Wildman–Crippen MR) is 109 cm³/mol. The van der Waals surface area contributed by atoms with Gasteiger partial charge in [0.1, 0.15) is 5.00 Å². The van der Waals surface area contributed by atoms with Gasteiger partial charge in [-0.05, 0) is 44.9 Å². The molecule has 0 bridgehead atoms. The van der Waals surface area contributed by atoms with E-state index in [2.05, 4.69) is 24.1 Å². The Morgan fingerprint density at radius 2 is 1.79 bits per heavy atom. The van der Waals surface area contributed by atoms with Crippen molar-refractivity contribution in [3.05, 3.63) is 51.4 Å². The van der Waals surface area contributed by atoms with E-state index in [4.69, 9.17) is 4.74 Å². The third-order valence-electron chi connectivity index (χ3n) is 4.99. The van der Waals surface area contributed by atoms with Crippen molar-refractivity contribution < 1.29 is 19.1 Å². The Bertz CT molecular complexity index is 915. The molecule has 0 unspecified atom stereocenters. The third kappa shape index (κ3) is 4.00. The fourth-order valence-corrected chi connectivity index (χ4v) is 4.56. The van der Waals surface area contributed by atoms with E-state index < -0.39 is 5.97 Å². The maximum Gasteiger partial charge on any atom is 0.341 e. The van der Waals surface area contributed by atoms with Crippen LogP contribution >= 0.6 is 11.3 Å². The van der Waals surface area contributed by atoms with Gasteiger partial charge in [0.2, 0.25) is 0 Å². The molecule has 28 heavy (non-hydrogen) atoms. The lowest BCUT2D eigenvalue weighted by molar-refractivity contribution is 0.0600. The van der Waals surface area contributed by atoms with Crippen molar-refractivity contribution >= 4 is 34.0 Å². The van der Waals surface area contributed by atoms with Crippen molar-refractivity contribution in [1.29, 1.82) is 0 Å². The Labute approximate surface area is 168 Å². The van der Waals surface area contributed by atoms with Crippen LogP contribution in [0.2, 0.25) is 0 Å². The van der Waals surface area contributed by atoms with Gasteiger partial charge in [-0.2, -0.15) is 0 Å². The summed E-state index contributed by atoms with van der Waals surface area (Å²) in [5.41, 5.74) is 2.40. The molecule has 0 radical (unpaired) electrons. The molecule has 0 saturated carbocycles. The maximum atomic E-state index is 12.7. The molecule has 0 atom stereocenters. The third-order valence-corrected chi connectivity index (χ3v) is 6.12. The molecule has 1 aliphatic rings. The monoisotopic (exact) mass is 400 g/mol. The van der Waals surface area contributed by atoms with E-state index in [0.29, 0.717) is 27.7 Å². The number of carbonyl (C=O) groups excluding carboxylic acids is 3. The number of amides is 1. The largest absolute Gasteiger partial charge is 0.465 e. The number of nitrogens with one attached hydrogen (secondary N) is 1. The van der Waals surface area contributed by atoms with Crippen LogP contribution in [0, 0.1) is 0 Å². The minimum atomic E-state index is -0.433. The van der Waals surface area contributed by atoms with Gasteiger partial charge in [0.05, 0.1) is 12.7 Å². The predicted octanol–water partition coefficient (Wildman–Crippen LogP) is 3.76. The van der Waals surface area contributed by atoms with E-state index in [1.165, 1.54) is 25.4 Å². The molecule has 1 aliphatic heterocycles. The molecule has 0 spiro atoms. The van der Waals surface area contributed by atoms with E-state index in [1.807, 2.05) is 0 Å². The molecule has 1 amide bonds. The number of ketones is 1. The van der Waals surface area contributed by atoms with Crippen LogP contribution in [0.1, 0.15) is 62.3 Å². The number of Topliss-reactive ketones (excluding diaryl/α,β-unsaturated/α-hetero) is 1. The van der Waals surface area contributed by atoms with E-state index >= 15 is 0 Å².